The Morgan fingerprint density at radius 1 is 1.50 bits per heavy atom. The van der Waals surface area contributed by atoms with Crippen molar-refractivity contribution in [3.05, 3.63) is 17.8 Å². The number of hydrogen-bond acceptors (Lipinski definition) is 5. The van der Waals surface area contributed by atoms with Gasteiger partial charge in [-0.15, -0.1) is 11.3 Å². The van der Waals surface area contributed by atoms with Crippen molar-refractivity contribution in [2.24, 2.45) is 0 Å². The molecule has 6 heteroatoms. The molecule has 2 aromatic rings. The summed E-state index contributed by atoms with van der Waals surface area (Å²) in [6, 6.07) is 1.65. The summed E-state index contributed by atoms with van der Waals surface area (Å²) in [4.78, 5) is 21.0. The summed E-state index contributed by atoms with van der Waals surface area (Å²) in [6.45, 7) is 4.55. The first kappa shape index (κ1) is 12.8. The fraction of sp³-hybridized carbons (Fsp3) is 0.417. The number of anilines is 1. The summed E-state index contributed by atoms with van der Waals surface area (Å²) in [5, 5.41) is 8.90. The molecule has 0 fully saturated rings. The van der Waals surface area contributed by atoms with Crippen molar-refractivity contribution in [3.8, 4) is 0 Å². The number of nitrogens with one attached hydrogen (secondary N) is 2. The molecule has 0 spiro atoms. The Labute approximate surface area is 110 Å². The van der Waals surface area contributed by atoms with Gasteiger partial charge in [-0.25, -0.2) is 9.97 Å². The molecule has 1 amide bonds. The van der Waals surface area contributed by atoms with Gasteiger partial charge < -0.3 is 10.6 Å². The highest BCUT2D eigenvalue weighted by Gasteiger charge is 2.14. The Balaban J connectivity index is 2.09. The molecule has 96 valence electrons. The van der Waals surface area contributed by atoms with Crippen LogP contribution < -0.4 is 10.6 Å². The molecule has 2 N–H and O–H groups in total. The molecule has 0 aliphatic carbocycles. The van der Waals surface area contributed by atoms with Crippen LogP contribution in [0.1, 0.15) is 20.3 Å². The number of hydrogen-bond donors (Lipinski definition) is 2. The molecule has 0 saturated heterocycles. The van der Waals surface area contributed by atoms with E-state index in [-0.39, 0.29) is 11.9 Å². The molecule has 5 nitrogen and oxygen atoms in total. The Morgan fingerprint density at radius 2 is 2.33 bits per heavy atom. The third-order valence-corrected chi connectivity index (χ3v) is 3.38. The molecule has 1 unspecified atom stereocenters. The van der Waals surface area contributed by atoms with Crippen LogP contribution in [-0.4, -0.2) is 28.5 Å². The molecule has 0 aliphatic heterocycles. The lowest BCUT2D eigenvalue weighted by Crippen LogP contribution is -2.38. The molecule has 2 aromatic heterocycles. The summed E-state index contributed by atoms with van der Waals surface area (Å²) in [7, 11) is 0. The highest BCUT2D eigenvalue weighted by Crippen LogP contribution is 2.23. The van der Waals surface area contributed by atoms with E-state index < -0.39 is 0 Å². The number of rotatable bonds is 5. The van der Waals surface area contributed by atoms with Crippen molar-refractivity contribution in [2.75, 3.05) is 11.9 Å². The lowest BCUT2D eigenvalue weighted by atomic mass is 10.3. The van der Waals surface area contributed by atoms with Crippen molar-refractivity contribution in [2.45, 2.75) is 26.3 Å². The third kappa shape index (κ3) is 2.76. The first-order valence-corrected chi connectivity index (χ1v) is 6.82. The van der Waals surface area contributed by atoms with Crippen LogP contribution in [0, 0.1) is 0 Å². The van der Waals surface area contributed by atoms with E-state index in [1.54, 1.807) is 11.3 Å². The van der Waals surface area contributed by atoms with E-state index in [1.807, 2.05) is 25.3 Å². The van der Waals surface area contributed by atoms with E-state index >= 15 is 0 Å². The number of nitrogens with zero attached hydrogens (tertiary/aromatic N) is 2. The fourth-order valence-corrected chi connectivity index (χ4v) is 2.31. The smallest absolute Gasteiger partial charge is 0.242 e. The molecule has 1 atom stereocenters. The highest BCUT2D eigenvalue weighted by molar-refractivity contribution is 7.16. The Bertz CT molecular complexity index is 540. The molecule has 0 aliphatic rings. The predicted octanol–water partition coefficient (Wildman–Crippen LogP) is 2.02. The van der Waals surface area contributed by atoms with Gasteiger partial charge in [0.1, 0.15) is 23.0 Å². The van der Waals surface area contributed by atoms with E-state index in [0.717, 1.165) is 16.6 Å². The van der Waals surface area contributed by atoms with E-state index in [0.29, 0.717) is 12.4 Å². The monoisotopic (exact) mass is 264 g/mol. The van der Waals surface area contributed by atoms with E-state index in [9.17, 15) is 4.79 Å². The topological polar surface area (TPSA) is 66.9 Å². The maximum atomic E-state index is 11.8. The van der Waals surface area contributed by atoms with Crippen molar-refractivity contribution in [3.63, 3.8) is 0 Å². The maximum Gasteiger partial charge on any atom is 0.242 e. The number of fused-ring (bicyclic) bond motifs is 1. The highest BCUT2D eigenvalue weighted by atomic mass is 32.1. The number of amides is 1. The molecule has 18 heavy (non-hydrogen) atoms. The zero-order valence-corrected chi connectivity index (χ0v) is 11.3. The minimum Gasteiger partial charge on any atom is -0.358 e. The van der Waals surface area contributed by atoms with E-state index in [2.05, 4.69) is 20.6 Å². The fourth-order valence-electron chi connectivity index (χ4n) is 1.58. The van der Waals surface area contributed by atoms with Gasteiger partial charge in [0.15, 0.2) is 0 Å². The summed E-state index contributed by atoms with van der Waals surface area (Å²) < 4.78 is 0. The quantitative estimate of drug-likeness (QED) is 0.867. The third-order valence-electron chi connectivity index (χ3n) is 2.56. The van der Waals surface area contributed by atoms with E-state index in [1.165, 1.54) is 6.33 Å². The summed E-state index contributed by atoms with van der Waals surface area (Å²) in [5.41, 5.74) is 0. The van der Waals surface area contributed by atoms with Crippen LogP contribution in [0.5, 0.6) is 0 Å². The summed E-state index contributed by atoms with van der Waals surface area (Å²) >= 11 is 1.56. The average molecular weight is 264 g/mol. The van der Waals surface area contributed by atoms with Gasteiger partial charge in [-0.3, -0.25) is 4.79 Å². The molecular formula is C12H16N4OS. The number of thiophene rings is 1. The zero-order chi connectivity index (χ0) is 13.0. The van der Waals surface area contributed by atoms with Gasteiger partial charge >= 0.3 is 0 Å². The standard InChI is InChI=1S/C12H16N4OS/c1-3-5-13-11(17)8(2)16-10-9-4-6-18-12(9)15-7-14-10/h4,6-8H,3,5H2,1-2H3,(H,13,17)(H,14,15,16). The van der Waals surface area contributed by atoms with Crippen LogP contribution in [-0.2, 0) is 4.79 Å². The molecule has 2 rings (SSSR count). The van der Waals surface area contributed by atoms with E-state index in [4.69, 9.17) is 0 Å². The minimum absolute atomic E-state index is 0.0150. The average Bonchev–Trinajstić information content (AvgIpc) is 2.85. The van der Waals surface area contributed by atoms with Crippen LogP contribution in [0.25, 0.3) is 10.2 Å². The first-order chi connectivity index (χ1) is 8.72. The molecule has 2 heterocycles. The summed E-state index contributed by atoms with van der Waals surface area (Å²) in [6.07, 6.45) is 2.44. The minimum atomic E-state index is -0.311. The van der Waals surface area contributed by atoms with Crippen LogP contribution in [0.15, 0.2) is 17.8 Å². The lowest BCUT2D eigenvalue weighted by molar-refractivity contribution is -0.121. The zero-order valence-electron chi connectivity index (χ0n) is 10.4. The predicted molar refractivity (Wildman–Crippen MR) is 73.8 cm³/mol. The SMILES string of the molecule is CCCNC(=O)C(C)Nc1ncnc2sccc12. The number of carbonyl (C=O) groups excluding carboxylic acids is 1. The van der Waals surface area contributed by atoms with Gasteiger partial charge in [0.2, 0.25) is 5.91 Å². The van der Waals surface area contributed by atoms with Gasteiger partial charge in [-0.1, -0.05) is 6.92 Å². The molecule has 0 saturated carbocycles. The van der Waals surface area contributed by atoms with Gasteiger partial charge in [-0.05, 0) is 24.8 Å². The van der Waals surface area contributed by atoms with Crippen molar-refractivity contribution in [1.82, 2.24) is 15.3 Å². The second-order valence-corrected chi connectivity index (χ2v) is 4.91. The lowest BCUT2D eigenvalue weighted by Gasteiger charge is -2.14. The van der Waals surface area contributed by atoms with Gasteiger partial charge in [0.25, 0.3) is 0 Å². The molecular weight excluding hydrogens is 248 g/mol. The maximum absolute atomic E-state index is 11.8. The summed E-state index contributed by atoms with van der Waals surface area (Å²) in [5.74, 6) is 0.694. The number of carbonyl (C=O) groups is 1. The Hall–Kier alpha value is -1.69. The number of aromatic nitrogens is 2. The first-order valence-electron chi connectivity index (χ1n) is 5.94. The largest absolute Gasteiger partial charge is 0.358 e. The molecule has 0 aromatic carbocycles. The van der Waals surface area contributed by atoms with Crippen LogP contribution >= 0.6 is 11.3 Å². The van der Waals surface area contributed by atoms with Crippen LogP contribution in [0.4, 0.5) is 5.82 Å². The Morgan fingerprint density at radius 3 is 3.11 bits per heavy atom. The molecule has 0 bridgehead atoms. The van der Waals surface area contributed by atoms with Crippen molar-refractivity contribution >= 4 is 33.3 Å². The second kappa shape index (κ2) is 5.77. The Kier molecular flexibility index (Phi) is 4.09. The van der Waals surface area contributed by atoms with Gasteiger partial charge in [0, 0.05) is 6.54 Å². The molecule has 0 radical (unpaired) electrons. The van der Waals surface area contributed by atoms with Crippen LogP contribution in [0.2, 0.25) is 0 Å². The van der Waals surface area contributed by atoms with Crippen molar-refractivity contribution in [1.29, 1.82) is 0 Å². The van der Waals surface area contributed by atoms with Crippen molar-refractivity contribution < 1.29 is 4.79 Å². The van der Waals surface area contributed by atoms with Gasteiger partial charge in [0.05, 0.1) is 5.39 Å². The second-order valence-electron chi connectivity index (χ2n) is 4.02. The normalized spacial score (nSPS) is 12.3. The van der Waals surface area contributed by atoms with Gasteiger partial charge in [-0.2, -0.15) is 0 Å². The van der Waals surface area contributed by atoms with Crippen LogP contribution in [0.3, 0.4) is 0 Å².